The number of nitrogens with zero attached hydrogens (tertiary/aromatic N) is 3. The summed E-state index contributed by atoms with van der Waals surface area (Å²) in [4.78, 5) is 21.5. The number of pyridine rings is 1. The SMILES string of the molecule is O=C(NCc1ccccc1F)c1ccc(CSc2nc3ccncc3n2Cc2ccc(F)cc2)cc1. The maximum atomic E-state index is 13.8. The third kappa shape index (κ3) is 5.44. The number of aromatic nitrogens is 3. The van der Waals surface area contributed by atoms with Crippen molar-refractivity contribution in [1.82, 2.24) is 19.9 Å². The molecule has 0 spiro atoms. The lowest BCUT2D eigenvalue weighted by molar-refractivity contribution is 0.0950. The predicted octanol–water partition coefficient (Wildman–Crippen LogP) is 5.98. The molecule has 5 nitrogen and oxygen atoms in total. The molecule has 36 heavy (non-hydrogen) atoms. The van der Waals surface area contributed by atoms with E-state index in [0.29, 0.717) is 23.4 Å². The fourth-order valence-corrected chi connectivity index (χ4v) is 4.77. The van der Waals surface area contributed by atoms with Crippen LogP contribution in [0.1, 0.15) is 27.0 Å². The van der Waals surface area contributed by atoms with Gasteiger partial charge in [-0.1, -0.05) is 54.2 Å². The normalized spacial score (nSPS) is 11.1. The first-order valence-corrected chi connectivity index (χ1v) is 12.3. The number of hydrogen-bond acceptors (Lipinski definition) is 4. The highest BCUT2D eigenvalue weighted by Crippen LogP contribution is 2.27. The first-order valence-electron chi connectivity index (χ1n) is 11.3. The highest BCUT2D eigenvalue weighted by atomic mass is 32.2. The van der Waals surface area contributed by atoms with E-state index >= 15 is 0 Å². The summed E-state index contributed by atoms with van der Waals surface area (Å²) in [7, 11) is 0. The van der Waals surface area contributed by atoms with Crippen molar-refractivity contribution in [1.29, 1.82) is 0 Å². The van der Waals surface area contributed by atoms with Crippen molar-refractivity contribution in [2.24, 2.45) is 0 Å². The molecule has 2 heterocycles. The Morgan fingerprint density at radius 2 is 1.67 bits per heavy atom. The van der Waals surface area contributed by atoms with Gasteiger partial charge in [0.1, 0.15) is 11.6 Å². The number of benzene rings is 3. The van der Waals surface area contributed by atoms with Gasteiger partial charge < -0.3 is 9.88 Å². The van der Waals surface area contributed by atoms with E-state index in [1.165, 1.54) is 18.2 Å². The molecular formula is C28H22F2N4OS. The highest BCUT2D eigenvalue weighted by molar-refractivity contribution is 7.98. The van der Waals surface area contributed by atoms with Crippen LogP contribution in [0, 0.1) is 11.6 Å². The predicted molar refractivity (Wildman–Crippen MR) is 137 cm³/mol. The van der Waals surface area contributed by atoms with Gasteiger partial charge in [0.25, 0.3) is 5.91 Å². The highest BCUT2D eigenvalue weighted by Gasteiger charge is 2.13. The van der Waals surface area contributed by atoms with Gasteiger partial charge in [0.15, 0.2) is 5.16 Å². The lowest BCUT2D eigenvalue weighted by Gasteiger charge is -2.10. The number of hydrogen-bond donors (Lipinski definition) is 1. The monoisotopic (exact) mass is 500 g/mol. The van der Waals surface area contributed by atoms with E-state index in [2.05, 4.69) is 14.9 Å². The molecule has 1 N–H and O–H groups in total. The van der Waals surface area contributed by atoms with Crippen molar-refractivity contribution in [3.8, 4) is 0 Å². The second kappa shape index (κ2) is 10.7. The van der Waals surface area contributed by atoms with Gasteiger partial charge in [-0.25, -0.2) is 13.8 Å². The van der Waals surface area contributed by atoms with Gasteiger partial charge in [0, 0.05) is 29.6 Å². The Kier molecular flexibility index (Phi) is 7.04. The zero-order chi connectivity index (χ0) is 24.9. The molecule has 2 aromatic heterocycles. The average Bonchev–Trinajstić information content (AvgIpc) is 3.25. The lowest BCUT2D eigenvalue weighted by Crippen LogP contribution is -2.23. The minimum absolute atomic E-state index is 0.127. The maximum Gasteiger partial charge on any atom is 0.251 e. The molecule has 5 aromatic rings. The zero-order valence-electron chi connectivity index (χ0n) is 19.2. The Morgan fingerprint density at radius 1 is 0.917 bits per heavy atom. The Labute approximate surface area is 211 Å². The average molecular weight is 501 g/mol. The number of rotatable bonds is 8. The molecule has 0 atom stereocenters. The minimum Gasteiger partial charge on any atom is -0.348 e. The number of nitrogens with one attached hydrogen (secondary N) is 1. The molecule has 0 saturated heterocycles. The van der Waals surface area contributed by atoms with Gasteiger partial charge in [-0.05, 0) is 47.5 Å². The van der Waals surface area contributed by atoms with E-state index in [-0.39, 0.29) is 24.1 Å². The summed E-state index contributed by atoms with van der Waals surface area (Å²) in [5.74, 6) is -0.218. The number of carbonyl (C=O) groups excluding carboxylic acids is 1. The zero-order valence-corrected chi connectivity index (χ0v) is 20.0. The molecule has 0 saturated carbocycles. The van der Waals surface area contributed by atoms with Crippen molar-refractivity contribution in [3.63, 3.8) is 0 Å². The topological polar surface area (TPSA) is 59.8 Å². The van der Waals surface area contributed by atoms with Crippen LogP contribution in [-0.4, -0.2) is 20.4 Å². The van der Waals surface area contributed by atoms with E-state index in [9.17, 15) is 13.6 Å². The fraction of sp³-hybridized carbons (Fsp3) is 0.107. The van der Waals surface area contributed by atoms with Crippen LogP contribution in [0.15, 0.2) is 96.4 Å². The molecule has 0 aliphatic heterocycles. The summed E-state index contributed by atoms with van der Waals surface area (Å²) in [6, 6.07) is 22.0. The van der Waals surface area contributed by atoms with Gasteiger partial charge >= 0.3 is 0 Å². The molecular weight excluding hydrogens is 478 g/mol. The molecule has 0 bridgehead atoms. The molecule has 0 radical (unpaired) electrons. The van der Waals surface area contributed by atoms with Crippen LogP contribution in [0.5, 0.6) is 0 Å². The van der Waals surface area contributed by atoms with Crippen LogP contribution < -0.4 is 5.32 Å². The van der Waals surface area contributed by atoms with Crippen molar-refractivity contribution < 1.29 is 13.6 Å². The number of halogens is 2. The van der Waals surface area contributed by atoms with E-state index in [1.54, 1.807) is 66.6 Å². The van der Waals surface area contributed by atoms with Crippen LogP contribution in [-0.2, 0) is 18.8 Å². The van der Waals surface area contributed by atoms with Gasteiger partial charge in [-0.3, -0.25) is 9.78 Å². The largest absolute Gasteiger partial charge is 0.348 e. The molecule has 0 aliphatic carbocycles. The maximum absolute atomic E-state index is 13.8. The third-order valence-corrected chi connectivity index (χ3v) is 6.80. The molecule has 0 aliphatic rings. The third-order valence-electron chi connectivity index (χ3n) is 5.75. The van der Waals surface area contributed by atoms with Gasteiger partial charge in [0.2, 0.25) is 0 Å². The molecule has 0 fully saturated rings. The summed E-state index contributed by atoms with van der Waals surface area (Å²) in [6.07, 6.45) is 3.49. The summed E-state index contributed by atoms with van der Waals surface area (Å²) in [5, 5.41) is 3.58. The molecule has 8 heteroatoms. The van der Waals surface area contributed by atoms with Crippen LogP contribution in [0.2, 0.25) is 0 Å². The van der Waals surface area contributed by atoms with Crippen molar-refractivity contribution in [2.75, 3.05) is 0 Å². The Hall–Kier alpha value is -4.04. The molecule has 180 valence electrons. The summed E-state index contributed by atoms with van der Waals surface area (Å²) < 4.78 is 29.2. The minimum atomic E-state index is -0.341. The standard InChI is InChI=1S/C28H22F2N4OS/c29-23-11-7-19(8-12-23)17-34-26-16-31-14-13-25(26)33-28(34)36-18-20-5-9-21(10-6-20)27(35)32-15-22-3-1-2-4-24(22)30/h1-14,16H,15,17-18H2,(H,32,35). The molecule has 5 rings (SSSR count). The number of carbonyl (C=O) groups is 1. The van der Waals surface area contributed by atoms with E-state index in [4.69, 9.17) is 4.98 Å². The van der Waals surface area contributed by atoms with Crippen LogP contribution in [0.4, 0.5) is 8.78 Å². The van der Waals surface area contributed by atoms with E-state index in [0.717, 1.165) is 27.3 Å². The Morgan fingerprint density at radius 3 is 2.44 bits per heavy atom. The Balaban J connectivity index is 1.26. The number of imidazole rings is 1. The van der Waals surface area contributed by atoms with E-state index in [1.807, 2.05) is 18.2 Å². The number of thioether (sulfide) groups is 1. The second-order valence-corrected chi connectivity index (χ2v) is 9.17. The summed E-state index contributed by atoms with van der Waals surface area (Å²) >= 11 is 1.58. The molecule has 0 unspecified atom stereocenters. The first kappa shape index (κ1) is 23.7. The smallest absolute Gasteiger partial charge is 0.251 e. The van der Waals surface area contributed by atoms with Gasteiger partial charge in [-0.2, -0.15) is 0 Å². The fourth-order valence-electron chi connectivity index (χ4n) is 3.80. The first-order chi connectivity index (χ1) is 17.6. The van der Waals surface area contributed by atoms with E-state index < -0.39 is 0 Å². The number of fused-ring (bicyclic) bond motifs is 1. The van der Waals surface area contributed by atoms with Crippen LogP contribution in [0.3, 0.4) is 0 Å². The number of amides is 1. The lowest BCUT2D eigenvalue weighted by atomic mass is 10.1. The molecule has 3 aromatic carbocycles. The van der Waals surface area contributed by atoms with Gasteiger partial charge in [0.05, 0.1) is 23.8 Å². The van der Waals surface area contributed by atoms with Gasteiger partial charge in [-0.15, -0.1) is 0 Å². The van der Waals surface area contributed by atoms with Crippen molar-refractivity contribution in [2.45, 2.75) is 24.0 Å². The van der Waals surface area contributed by atoms with Crippen LogP contribution in [0.25, 0.3) is 11.0 Å². The summed E-state index contributed by atoms with van der Waals surface area (Å²) in [5.41, 5.74) is 4.70. The second-order valence-electron chi connectivity index (χ2n) is 8.23. The Bertz CT molecular complexity index is 1500. The van der Waals surface area contributed by atoms with Crippen molar-refractivity contribution in [3.05, 3.63) is 125 Å². The summed E-state index contributed by atoms with van der Waals surface area (Å²) in [6.45, 7) is 0.675. The van der Waals surface area contributed by atoms with Crippen LogP contribution >= 0.6 is 11.8 Å². The molecule has 1 amide bonds. The van der Waals surface area contributed by atoms with Crippen molar-refractivity contribution >= 4 is 28.7 Å². The quantitative estimate of drug-likeness (QED) is 0.266.